The molecular weight excluding hydrogens is 380 g/mol. The van der Waals surface area contributed by atoms with E-state index in [1.807, 2.05) is 68.4 Å². The van der Waals surface area contributed by atoms with Crippen LogP contribution in [0.1, 0.15) is 19.4 Å². The number of urea groups is 1. The molecule has 1 atom stereocenters. The van der Waals surface area contributed by atoms with Crippen molar-refractivity contribution in [1.82, 2.24) is 10.6 Å². The van der Waals surface area contributed by atoms with Crippen molar-refractivity contribution >= 4 is 23.3 Å². The Morgan fingerprint density at radius 2 is 1.77 bits per heavy atom. The van der Waals surface area contributed by atoms with Crippen LogP contribution in [0.2, 0.25) is 0 Å². The molecule has 3 rings (SSSR count). The van der Waals surface area contributed by atoms with Gasteiger partial charge in [0.1, 0.15) is 6.04 Å². The number of benzene rings is 2. The van der Waals surface area contributed by atoms with Crippen molar-refractivity contribution in [3.63, 3.8) is 0 Å². The second-order valence-electron chi connectivity index (χ2n) is 7.67. The highest BCUT2D eigenvalue weighted by atomic mass is 16.5. The summed E-state index contributed by atoms with van der Waals surface area (Å²) in [5, 5.41) is 8.54. The minimum atomic E-state index is -0.646. The number of carbonyl (C=O) groups is 2. The Balaban J connectivity index is 1.57. The van der Waals surface area contributed by atoms with E-state index in [1.54, 1.807) is 0 Å². The van der Waals surface area contributed by atoms with Crippen LogP contribution >= 0.6 is 0 Å². The molecule has 0 bridgehead atoms. The average Bonchev–Trinajstić information content (AvgIpc) is 2.77. The first kappa shape index (κ1) is 21.6. The van der Waals surface area contributed by atoms with Crippen LogP contribution < -0.4 is 20.9 Å². The fourth-order valence-electron chi connectivity index (χ4n) is 3.33. The molecule has 2 aromatic carbocycles. The van der Waals surface area contributed by atoms with Crippen LogP contribution in [0.15, 0.2) is 54.6 Å². The normalized spacial score (nSPS) is 14.8. The largest absolute Gasteiger partial charge is 0.378 e. The Labute approximate surface area is 177 Å². The maximum atomic E-state index is 12.9. The summed E-state index contributed by atoms with van der Waals surface area (Å²) in [5.74, 6) is -0.297. The molecule has 0 radical (unpaired) electrons. The topological polar surface area (TPSA) is 82.7 Å². The lowest BCUT2D eigenvalue weighted by molar-refractivity contribution is -0.118. The summed E-state index contributed by atoms with van der Waals surface area (Å²) >= 11 is 0. The summed E-state index contributed by atoms with van der Waals surface area (Å²) in [6.07, 6.45) is 0. The zero-order valence-corrected chi connectivity index (χ0v) is 17.6. The number of hydrogen-bond donors (Lipinski definition) is 3. The Bertz CT molecular complexity index is 835. The van der Waals surface area contributed by atoms with Crippen molar-refractivity contribution in [2.75, 3.05) is 36.5 Å². The first-order chi connectivity index (χ1) is 14.5. The standard InChI is InChI=1S/C23H30N4O3/c1-17(2)21(26-23(29)24-16-18-7-4-3-5-8-18)22(28)25-19-9-6-10-20(15-19)27-11-13-30-14-12-27/h3-10,15,17,21H,11-14,16H2,1-2H3,(H,25,28)(H2,24,26,29). The molecule has 1 saturated heterocycles. The minimum absolute atomic E-state index is 0.0603. The molecule has 3 amide bonds. The molecule has 2 aromatic rings. The number of rotatable bonds is 7. The zero-order valence-electron chi connectivity index (χ0n) is 17.6. The molecule has 0 spiro atoms. The number of ether oxygens (including phenoxy) is 1. The summed E-state index contributed by atoms with van der Waals surface area (Å²) in [4.78, 5) is 27.4. The molecule has 0 saturated carbocycles. The highest BCUT2D eigenvalue weighted by Gasteiger charge is 2.24. The molecule has 160 valence electrons. The molecule has 7 heteroatoms. The maximum absolute atomic E-state index is 12.9. The predicted molar refractivity (Wildman–Crippen MR) is 119 cm³/mol. The molecule has 7 nitrogen and oxygen atoms in total. The van der Waals surface area contributed by atoms with Crippen molar-refractivity contribution in [2.24, 2.45) is 5.92 Å². The zero-order chi connectivity index (χ0) is 21.3. The van der Waals surface area contributed by atoms with E-state index >= 15 is 0 Å². The van der Waals surface area contributed by atoms with Crippen LogP contribution in [0.25, 0.3) is 0 Å². The van der Waals surface area contributed by atoms with Gasteiger partial charge in [0, 0.05) is 31.0 Å². The van der Waals surface area contributed by atoms with Gasteiger partial charge >= 0.3 is 6.03 Å². The molecule has 30 heavy (non-hydrogen) atoms. The van der Waals surface area contributed by atoms with Gasteiger partial charge in [-0.3, -0.25) is 4.79 Å². The monoisotopic (exact) mass is 410 g/mol. The van der Waals surface area contributed by atoms with Crippen molar-refractivity contribution in [1.29, 1.82) is 0 Å². The average molecular weight is 411 g/mol. The van der Waals surface area contributed by atoms with E-state index in [0.717, 1.165) is 24.3 Å². The summed E-state index contributed by atoms with van der Waals surface area (Å²) in [6, 6.07) is 16.4. The third-order valence-corrected chi connectivity index (χ3v) is 5.02. The van der Waals surface area contributed by atoms with Gasteiger partial charge < -0.3 is 25.6 Å². The lowest BCUT2D eigenvalue weighted by atomic mass is 10.0. The van der Waals surface area contributed by atoms with E-state index in [1.165, 1.54) is 0 Å². The number of anilines is 2. The first-order valence-corrected chi connectivity index (χ1v) is 10.3. The van der Waals surface area contributed by atoms with Gasteiger partial charge in [0.2, 0.25) is 5.91 Å². The molecule has 1 aliphatic rings. The van der Waals surface area contributed by atoms with E-state index in [-0.39, 0.29) is 17.9 Å². The maximum Gasteiger partial charge on any atom is 0.315 e. The Morgan fingerprint density at radius 3 is 2.47 bits per heavy atom. The third-order valence-electron chi connectivity index (χ3n) is 5.02. The lowest BCUT2D eigenvalue weighted by Gasteiger charge is -2.29. The van der Waals surface area contributed by atoms with Gasteiger partial charge in [-0.25, -0.2) is 4.79 Å². The number of nitrogens with zero attached hydrogens (tertiary/aromatic N) is 1. The second-order valence-corrected chi connectivity index (χ2v) is 7.67. The van der Waals surface area contributed by atoms with E-state index in [2.05, 4.69) is 20.9 Å². The molecule has 0 aliphatic carbocycles. The molecular formula is C23H30N4O3. The van der Waals surface area contributed by atoms with Crippen molar-refractivity contribution < 1.29 is 14.3 Å². The molecule has 1 heterocycles. The van der Waals surface area contributed by atoms with Gasteiger partial charge in [0.15, 0.2) is 0 Å². The highest BCUT2D eigenvalue weighted by Crippen LogP contribution is 2.21. The predicted octanol–water partition coefficient (Wildman–Crippen LogP) is 2.99. The quantitative estimate of drug-likeness (QED) is 0.655. The fourth-order valence-corrected chi connectivity index (χ4v) is 3.33. The van der Waals surface area contributed by atoms with Crippen LogP contribution in [-0.4, -0.2) is 44.3 Å². The van der Waals surface area contributed by atoms with Gasteiger partial charge in [0.05, 0.1) is 13.2 Å². The lowest BCUT2D eigenvalue weighted by Crippen LogP contribution is -2.50. The minimum Gasteiger partial charge on any atom is -0.378 e. The van der Waals surface area contributed by atoms with Crippen LogP contribution in [-0.2, 0) is 16.1 Å². The SMILES string of the molecule is CC(C)C(NC(=O)NCc1ccccc1)C(=O)Nc1cccc(N2CCOCC2)c1. The highest BCUT2D eigenvalue weighted by molar-refractivity contribution is 5.97. The summed E-state index contributed by atoms with van der Waals surface area (Å²) in [6.45, 7) is 7.28. The van der Waals surface area contributed by atoms with Gasteiger partial charge in [-0.15, -0.1) is 0 Å². The summed E-state index contributed by atoms with van der Waals surface area (Å²) in [7, 11) is 0. The number of carbonyl (C=O) groups excluding carboxylic acids is 2. The van der Waals surface area contributed by atoms with Crippen molar-refractivity contribution in [3.8, 4) is 0 Å². The number of morpholine rings is 1. The van der Waals surface area contributed by atoms with Gasteiger partial charge in [-0.2, -0.15) is 0 Å². The second kappa shape index (κ2) is 10.6. The van der Waals surface area contributed by atoms with E-state index in [9.17, 15) is 9.59 Å². The molecule has 0 aromatic heterocycles. The molecule has 1 unspecified atom stereocenters. The van der Waals surface area contributed by atoms with Crippen molar-refractivity contribution in [3.05, 3.63) is 60.2 Å². The van der Waals surface area contributed by atoms with Gasteiger partial charge in [-0.05, 0) is 29.7 Å². The van der Waals surface area contributed by atoms with Crippen LogP contribution in [0, 0.1) is 5.92 Å². The van der Waals surface area contributed by atoms with Gasteiger partial charge in [-0.1, -0.05) is 50.2 Å². The number of nitrogens with one attached hydrogen (secondary N) is 3. The Kier molecular flexibility index (Phi) is 7.68. The Hall–Kier alpha value is -3.06. The van der Waals surface area contributed by atoms with Crippen LogP contribution in [0.3, 0.4) is 0 Å². The smallest absolute Gasteiger partial charge is 0.315 e. The Morgan fingerprint density at radius 1 is 1.03 bits per heavy atom. The molecule has 1 fully saturated rings. The van der Waals surface area contributed by atoms with Crippen molar-refractivity contribution in [2.45, 2.75) is 26.4 Å². The third kappa shape index (κ3) is 6.22. The summed E-state index contributed by atoms with van der Waals surface area (Å²) in [5.41, 5.74) is 2.75. The van der Waals surface area contributed by atoms with Crippen LogP contribution in [0.4, 0.5) is 16.2 Å². The van der Waals surface area contributed by atoms with Crippen LogP contribution in [0.5, 0.6) is 0 Å². The fraction of sp³-hybridized carbons (Fsp3) is 0.391. The first-order valence-electron chi connectivity index (χ1n) is 10.3. The summed E-state index contributed by atoms with van der Waals surface area (Å²) < 4.78 is 5.40. The number of hydrogen-bond acceptors (Lipinski definition) is 4. The number of amides is 3. The molecule has 1 aliphatic heterocycles. The van der Waals surface area contributed by atoms with Gasteiger partial charge in [0.25, 0.3) is 0 Å². The van der Waals surface area contributed by atoms with E-state index < -0.39 is 6.04 Å². The van der Waals surface area contributed by atoms with E-state index in [4.69, 9.17) is 4.74 Å². The molecule has 3 N–H and O–H groups in total. The van der Waals surface area contributed by atoms with E-state index in [0.29, 0.717) is 25.4 Å².